The number of pyridine rings is 1. The summed E-state index contributed by atoms with van der Waals surface area (Å²) in [6.07, 6.45) is 8.10. The maximum atomic E-state index is 13.5. The standard InChI is InChI=1S/C21H22N6OS/c1-21(2,3)20-22-10-15(29-20)19(28)27-9-7-13-17(24-12-23-13)18(27)14-11-26-8-5-4-6-16(26)25-14/h4-6,8,10-12,18H,7,9H2,1-3H3,(H,23,24)/t18-/m0/s1. The first-order valence-electron chi connectivity index (χ1n) is 9.65. The highest BCUT2D eigenvalue weighted by atomic mass is 32.1. The second-order valence-electron chi connectivity index (χ2n) is 8.33. The van der Waals surface area contributed by atoms with E-state index in [1.165, 1.54) is 11.3 Å². The molecule has 4 aromatic heterocycles. The number of carbonyl (C=O) groups is 1. The molecular formula is C21H22N6OS. The van der Waals surface area contributed by atoms with E-state index < -0.39 is 0 Å². The minimum absolute atomic E-state index is 0.0197. The van der Waals surface area contributed by atoms with Crippen molar-refractivity contribution in [1.29, 1.82) is 0 Å². The first-order valence-corrected chi connectivity index (χ1v) is 10.5. The highest BCUT2D eigenvalue weighted by molar-refractivity contribution is 7.13. The molecule has 148 valence electrons. The van der Waals surface area contributed by atoms with Crippen LogP contribution in [0.4, 0.5) is 0 Å². The first kappa shape index (κ1) is 18.1. The van der Waals surface area contributed by atoms with Crippen molar-refractivity contribution in [3.8, 4) is 0 Å². The predicted octanol–water partition coefficient (Wildman–Crippen LogP) is 3.60. The van der Waals surface area contributed by atoms with E-state index in [0.717, 1.165) is 34.2 Å². The van der Waals surface area contributed by atoms with Crippen LogP contribution in [-0.2, 0) is 11.8 Å². The van der Waals surface area contributed by atoms with Crippen molar-refractivity contribution in [3.63, 3.8) is 0 Å². The molecule has 29 heavy (non-hydrogen) atoms. The Morgan fingerprint density at radius 2 is 2.14 bits per heavy atom. The summed E-state index contributed by atoms with van der Waals surface area (Å²) in [4.78, 5) is 33.1. The van der Waals surface area contributed by atoms with Crippen LogP contribution in [0, 0.1) is 0 Å². The molecule has 0 aromatic carbocycles. The number of hydrogen-bond donors (Lipinski definition) is 1. The number of nitrogens with one attached hydrogen (secondary N) is 1. The molecule has 0 saturated carbocycles. The van der Waals surface area contributed by atoms with Gasteiger partial charge in [-0.25, -0.2) is 15.0 Å². The van der Waals surface area contributed by atoms with Crippen LogP contribution in [-0.4, -0.2) is 41.7 Å². The van der Waals surface area contributed by atoms with Gasteiger partial charge in [0.1, 0.15) is 16.6 Å². The number of thiazole rings is 1. The lowest BCUT2D eigenvalue weighted by atomic mass is 9.98. The maximum Gasteiger partial charge on any atom is 0.266 e. The van der Waals surface area contributed by atoms with Gasteiger partial charge in [0, 0.05) is 36.5 Å². The number of imidazole rings is 2. The second kappa shape index (κ2) is 6.52. The molecular weight excluding hydrogens is 384 g/mol. The van der Waals surface area contributed by atoms with Crippen LogP contribution in [0.25, 0.3) is 5.65 Å². The molecule has 0 aliphatic carbocycles. The van der Waals surface area contributed by atoms with Crippen molar-refractivity contribution in [2.45, 2.75) is 38.6 Å². The fraction of sp³-hybridized carbons (Fsp3) is 0.333. The molecule has 5 heterocycles. The van der Waals surface area contributed by atoms with E-state index in [1.807, 2.05) is 39.9 Å². The average Bonchev–Trinajstić information content (AvgIpc) is 3.44. The van der Waals surface area contributed by atoms with Gasteiger partial charge in [0.15, 0.2) is 0 Å². The summed E-state index contributed by atoms with van der Waals surface area (Å²) in [7, 11) is 0. The summed E-state index contributed by atoms with van der Waals surface area (Å²) >= 11 is 1.47. The minimum atomic E-state index is -0.322. The summed E-state index contributed by atoms with van der Waals surface area (Å²) in [6.45, 7) is 6.93. The van der Waals surface area contributed by atoms with Crippen LogP contribution >= 0.6 is 11.3 Å². The Hall–Kier alpha value is -3.00. The average molecular weight is 407 g/mol. The van der Waals surface area contributed by atoms with Crippen LogP contribution in [0.2, 0.25) is 0 Å². The molecule has 0 radical (unpaired) electrons. The van der Waals surface area contributed by atoms with E-state index in [2.05, 4.69) is 35.7 Å². The van der Waals surface area contributed by atoms with Crippen molar-refractivity contribution in [1.82, 2.24) is 29.2 Å². The number of aromatic amines is 1. The van der Waals surface area contributed by atoms with Crippen molar-refractivity contribution in [2.24, 2.45) is 0 Å². The van der Waals surface area contributed by atoms with Crippen molar-refractivity contribution < 1.29 is 4.79 Å². The lowest BCUT2D eigenvalue weighted by Crippen LogP contribution is -2.40. The lowest BCUT2D eigenvalue weighted by Gasteiger charge is -2.33. The lowest BCUT2D eigenvalue weighted by molar-refractivity contribution is 0.0692. The second-order valence-corrected chi connectivity index (χ2v) is 9.36. The molecule has 0 saturated heterocycles. The monoisotopic (exact) mass is 406 g/mol. The van der Waals surface area contributed by atoms with Gasteiger partial charge in [-0.1, -0.05) is 26.8 Å². The van der Waals surface area contributed by atoms with E-state index in [9.17, 15) is 4.79 Å². The van der Waals surface area contributed by atoms with Gasteiger partial charge in [0.25, 0.3) is 5.91 Å². The maximum absolute atomic E-state index is 13.5. The predicted molar refractivity (Wildman–Crippen MR) is 111 cm³/mol. The number of amides is 1. The van der Waals surface area contributed by atoms with Gasteiger partial charge in [0.05, 0.1) is 28.9 Å². The van der Waals surface area contributed by atoms with E-state index in [4.69, 9.17) is 4.98 Å². The molecule has 0 unspecified atom stereocenters. The third-order valence-electron chi connectivity index (χ3n) is 5.21. The molecule has 8 heteroatoms. The highest BCUT2D eigenvalue weighted by Gasteiger charge is 2.37. The topological polar surface area (TPSA) is 79.2 Å². The van der Waals surface area contributed by atoms with Crippen molar-refractivity contribution >= 4 is 22.9 Å². The number of carbonyl (C=O) groups excluding carboxylic acids is 1. The molecule has 7 nitrogen and oxygen atoms in total. The van der Waals surface area contributed by atoms with E-state index >= 15 is 0 Å². The number of nitrogens with zero attached hydrogens (tertiary/aromatic N) is 5. The van der Waals surface area contributed by atoms with Crippen LogP contribution in [0.3, 0.4) is 0 Å². The number of rotatable bonds is 2. The molecule has 5 rings (SSSR count). The quantitative estimate of drug-likeness (QED) is 0.552. The third kappa shape index (κ3) is 3.04. The van der Waals surface area contributed by atoms with Gasteiger partial charge >= 0.3 is 0 Å². The summed E-state index contributed by atoms with van der Waals surface area (Å²) in [5.74, 6) is -0.0197. The van der Waals surface area contributed by atoms with Gasteiger partial charge in [-0.05, 0) is 12.1 Å². The molecule has 4 aromatic rings. The number of fused-ring (bicyclic) bond motifs is 2. The SMILES string of the molecule is CC(C)(C)c1ncc(C(=O)N2CCc3[nH]cnc3[C@@H]2c2cn3ccccc3n2)s1. The number of hydrogen-bond acceptors (Lipinski definition) is 5. The normalized spacial score (nSPS) is 16.9. The molecule has 1 amide bonds. The fourth-order valence-corrected chi connectivity index (χ4v) is 4.67. The summed E-state index contributed by atoms with van der Waals surface area (Å²) < 4.78 is 1.98. The summed E-state index contributed by atoms with van der Waals surface area (Å²) in [5, 5.41) is 0.961. The molecule has 1 aliphatic heterocycles. The van der Waals surface area contributed by atoms with E-state index in [0.29, 0.717) is 11.4 Å². The summed E-state index contributed by atoms with van der Waals surface area (Å²) in [5.41, 5.74) is 3.52. The first-order chi connectivity index (χ1) is 13.9. The molecule has 1 aliphatic rings. The fourth-order valence-electron chi connectivity index (χ4n) is 3.74. The van der Waals surface area contributed by atoms with E-state index in [-0.39, 0.29) is 17.4 Å². The number of H-pyrrole nitrogens is 1. The van der Waals surface area contributed by atoms with Gasteiger partial charge in [-0.2, -0.15) is 0 Å². The highest BCUT2D eigenvalue weighted by Crippen LogP contribution is 2.35. The molecule has 0 bridgehead atoms. The Morgan fingerprint density at radius 3 is 2.90 bits per heavy atom. The zero-order chi connectivity index (χ0) is 20.2. The number of aromatic nitrogens is 5. The van der Waals surface area contributed by atoms with Crippen LogP contribution in [0.5, 0.6) is 0 Å². The Balaban J connectivity index is 1.57. The molecule has 0 fully saturated rings. The van der Waals surface area contributed by atoms with Crippen molar-refractivity contribution in [3.05, 3.63) is 70.1 Å². The molecule has 1 N–H and O–H groups in total. The van der Waals surface area contributed by atoms with Crippen LogP contribution in [0.15, 0.2) is 43.1 Å². The third-order valence-corrected chi connectivity index (χ3v) is 6.62. The van der Waals surface area contributed by atoms with Gasteiger partial charge in [0.2, 0.25) is 0 Å². The Labute approximate surface area is 172 Å². The van der Waals surface area contributed by atoms with E-state index in [1.54, 1.807) is 12.5 Å². The largest absolute Gasteiger partial charge is 0.348 e. The zero-order valence-corrected chi connectivity index (χ0v) is 17.4. The Bertz CT molecular complexity index is 1160. The summed E-state index contributed by atoms with van der Waals surface area (Å²) in [6, 6.07) is 5.56. The minimum Gasteiger partial charge on any atom is -0.348 e. The zero-order valence-electron chi connectivity index (χ0n) is 16.6. The molecule has 1 atom stereocenters. The van der Waals surface area contributed by atoms with Crippen LogP contribution in [0.1, 0.15) is 58.6 Å². The molecule has 0 spiro atoms. The van der Waals surface area contributed by atoms with Gasteiger partial charge in [-0.3, -0.25) is 4.79 Å². The Kier molecular flexibility index (Phi) is 4.06. The Morgan fingerprint density at radius 1 is 1.28 bits per heavy atom. The van der Waals surface area contributed by atoms with Crippen molar-refractivity contribution in [2.75, 3.05) is 6.54 Å². The van der Waals surface area contributed by atoms with Crippen LogP contribution < -0.4 is 0 Å². The van der Waals surface area contributed by atoms with Gasteiger partial charge in [-0.15, -0.1) is 11.3 Å². The van der Waals surface area contributed by atoms with Gasteiger partial charge < -0.3 is 14.3 Å². The smallest absolute Gasteiger partial charge is 0.266 e.